The van der Waals surface area contributed by atoms with Crippen molar-refractivity contribution >= 4 is 37.8 Å². The van der Waals surface area contributed by atoms with Gasteiger partial charge in [0, 0.05) is 4.47 Å². The van der Waals surface area contributed by atoms with Crippen LogP contribution in [0.4, 0.5) is 0 Å². The summed E-state index contributed by atoms with van der Waals surface area (Å²) in [6.07, 6.45) is 0. The molecule has 0 aliphatic heterocycles. The Bertz CT molecular complexity index is 510. The fourth-order valence-electron chi connectivity index (χ4n) is 1.34. The summed E-state index contributed by atoms with van der Waals surface area (Å²) < 4.78 is 20.7. The molecule has 4 heteroatoms. The van der Waals surface area contributed by atoms with E-state index in [1.807, 2.05) is 24.3 Å². The molecule has 0 aliphatic carbocycles. The second kappa shape index (κ2) is 3.81. The van der Waals surface area contributed by atoms with Crippen LogP contribution in [0.2, 0.25) is 0 Å². The minimum atomic E-state index is -1.93. The van der Waals surface area contributed by atoms with Gasteiger partial charge in [-0.1, -0.05) is 40.2 Å². The van der Waals surface area contributed by atoms with E-state index in [4.69, 9.17) is 4.55 Å². The first-order valence-corrected chi connectivity index (χ1v) is 5.87. The van der Waals surface area contributed by atoms with Gasteiger partial charge in [-0.3, -0.25) is 0 Å². The standard InChI is InChI=1S/C10H7BrO2S/c11-10-6-8(14(12)13)5-7-3-1-2-4-9(7)10/h1-6H,(H,12,13). The van der Waals surface area contributed by atoms with Gasteiger partial charge < -0.3 is 4.55 Å². The molecule has 0 bridgehead atoms. The number of hydrogen-bond acceptors (Lipinski definition) is 1. The second-order valence-electron chi connectivity index (χ2n) is 2.88. The minimum absolute atomic E-state index is 0.413. The van der Waals surface area contributed by atoms with E-state index in [9.17, 15) is 4.21 Å². The monoisotopic (exact) mass is 270 g/mol. The van der Waals surface area contributed by atoms with Crippen LogP contribution in [0.15, 0.2) is 45.8 Å². The van der Waals surface area contributed by atoms with Crippen LogP contribution >= 0.6 is 15.9 Å². The van der Waals surface area contributed by atoms with Crippen molar-refractivity contribution < 1.29 is 8.76 Å². The lowest BCUT2D eigenvalue weighted by atomic mass is 10.1. The number of fused-ring (bicyclic) bond motifs is 1. The van der Waals surface area contributed by atoms with Crippen molar-refractivity contribution in [2.45, 2.75) is 4.90 Å². The summed E-state index contributed by atoms with van der Waals surface area (Å²) in [4.78, 5) is 0.413. The molecule has 1 N–H and O–H groups in total. The molecule has 2 nitrogen and oxygen atoms in total. The van der Waals surface area contributed by atoms with Crippen molar-refractivity contribution in [3.8, 4) is 0 Å². The van der Waals surface area contributed by atoms with E-state index in [1.54, 1.807) is 12.1 Å². The number of rotatable bonds is 1. The third-order valence-corrected chi connectivity index (χ3v) is 3.28. The summed E-state index contributed by atoms with van der Waals surface area (Å²) in [5, 5.41) is 2.00. The van der Waals surface area contributed by atoms with E-state index in [0.717, 1.165) is 15.2 Å². The van der Waals surface area contributed by atoms with Gasteiger partial charge in [-0.2, -0.15) is 0 Å². The van der Waals surface area contributed by atoms with Crippen LogP contribution in [0, 0.1) is 0 Å². The van der Waals surface area contributed by atoms with E-state index in [-0.39, 0.29) is 0 Å². The maximum atomic E-state index is 10.9. The Kier molecular flexibility index (Phi) is 2.67. The molecule has 1 unspecified atom stereocenters. The topological polar surface area (TPSA) is 37.3 Å². The fourth-order valence-corrected chi connectivity index (χ4v) is 2.54. The largest absolute Gasteiger partial charge is 0.302 e. The number of benzene rings is 2. The first-order valence-electron chi connectivity index (χ1n) is 3.97. The predicted octanol–water partition coefficient (Wildman–Crippen LogP) is 3.18. The third-order valence-electron chi connectivity index (χ3n) is 1.99. The molecule has 0 aliphatic rings. The third kappa shape index (κ3) is 1.73. The van der Waals surface area contributed by atoms with Crippen molar-refractivity contribution in [3.63, 3.8) is 0 Å². The van der Waals surface area contributed by atoms with Crippen molar-refractivity contribution in [2.75, 3.05) is 0 Å². The molecule has 1 atom stereocenters. The zero-order valence-electron chi connectivity index (χ0n) is 7.11. The van der Waals surface area contributed by atoms with Gasteiger partial charge in [0.15, 0.2) is 11.1 Å². The molecule has 0 heterocycles. The normalized spacial score (nSPS) is 13.0. The molecule has 2 rings (SSSR count). The fraction of sp³-hybridized carbons (Fsp3) is 0. The molecule has 14 heavy (non-hydrogen) atoms. The van der Waals surface area contributed by atoms with Crippen LogP contribution in [-0.4, -0.2) is 8.76 Å². The van der Waals surface area contributed by atoms with Crippen molar-refractivity contribution in [1.82, 2.24) is 0 Å². The Labute approximate surface area is 92.4 Å². The highest BCUT2D eigenvalue weighted by molar-refractivity contribution is 9.10. The first-order chi connectivity index (χ1) is 6.68. The van der Waals surface area contributed by atoms with Gasteiger partial charge in [0.1, 0.15) is 0 Å². The van der Waals surface area contributed by atoms with Crippen LogP contribution < -0.4 is 0 Å². The quantitative estimate of drug-likeness (QED) is 0.809. The lowest BCUT2D eigenvalue weighted by Crippen LogP contribution is -1.88. The maximum absolute atomic E-state index is 10.9. The summed E-state index contributed by atoms with van der Waals surface area (Å²) in [6.45, 7) is 0. The molecular weight excluding hydrogens is 264 g/mol. The molecule has 0 radical (unpaired) electrons. The van der Waals surface area contributed by atoms with Gasteiger partial charge in [0.05, 0.1) is 4.90 Å². The molecule has 2 aromatic rings. The molecule has 0 spiro atoms. The van der Waals surface area contributed by atoms with E-state index >= 15 is 0 Å². The lowest BCUT2D eigenvalue weighted by molar-refractivity contribution is 0.564. The average molecular weight is 271 g/mol. The molecule has 0 aromatic heterocycles. The van der Waals surface area contributed by atoms with Gasteiger partial charge in [-0.25, -0.2) is 4.21 Å². The summed E-state index contributed by atoms with van der Waals surface area (Å²) in [5.74, 6) is 0. The smallest absolute Gasteiger partial charge is 0.186 e. The Hall–Kier alpha value is -0.710. The Morgan fingerprint density at radius 3 is 2.64 bits per heavy atom. The van der Waals surface area contributed by atoms with E-state index in [2.05, 4.69) is 15.9 Å². The van der Waals surface area contributed by atoms with Crippen LogP contribution in [0.25, 0.3) is 10.8 Å². The van der Waals surface area contributed by atoms with Crippen LogP contribution in [0.1, 0.15) is 0 Å². The van der Waals surface area contributed by atoms with Gasteiger partial charge in [-0.15, -0.1) is 0 Å². The highest BCUT2D eigenvalue weighted by atomic mass is 79.9. The zero-order chi connectivity index (χ0) is 10.1. The summed E-state index contributed by atoms with van der Waals surface area (Å²) >= 11 is 1.45. The van der Waals surface area contributed by atoms with Crippen molar-refractivity contribution in [2.24, 2.45) is 0 Å². The van der Waals surface area contributed by atoms with Gasteiger partial charge >= 0.3 is 0 Å². The molecule has 0 fully saturated rings. The van der Waals surface area contributed by atoms with Gasteiger partial charge in [-0.05, 0) is 22.9 Å². The Morgan fingerprint density at radius 1 is 1.21 bits per heavy atom. The van der Waals surface area contributed by atoms with Gasteiger partial charge in [0.25, 0.3) is 0 Å². The average Bonchev–Trinajstić information content (AvgIpc) is 2.17. The first kappa shape index (κ1) is 9.83. The summed E-state index contributed by atoms with van der Waals surface area (Å²) in [6, 6.07) is 11.1. The van der Waals surface area contributed by atoms with Crippen LogP contribution in [0.3, 0.4) is 0 Å². The second-order valence-corrected chi connectivity index (χ2v) is 4.70. The molecule has 72 valence electrons. The van der Waals surface area contributed by atoms with Crippen molar-refractivity contribution in [1.29, 1.82) is 0 Å². The minimum Gasteiger partial charge on any atom is -0.302 e. The van der Waals surface area contributed by atoms with E-state index < -0.39 is 11.1 Å². The molecule has 0 saturated carbocycles. The number of halogens is 1. The summed E-state index contributed by atoms with van der Waals surface area (Å²) in [5.41, 5.74) is 0. The predicted molar refractivity (Wildman–Crippen MR) is 60.7 cm³/mol. The zero-order valence-corrected chi connectivity index (χ0v) is 9.51. The Morgan fingerprint density at radius 2 is 1.93 bits per heavy atom. The van der Waals surface area contributed by atoms with Crippen LogP contribution in [-0.2, 0) is 11.1 Å². The van der Waals surface area contributed by atoms with E-state index in [1.165, 1.54) is 0 Å². The molecule has 0 amide bonds. The molecule has 2 aromatic carbocycles. The SMILES string of the molecule is O=S(O)c1cc(Br)c2ccccc2c1. The molecular formula is C10H7BrO2S. The van der Waals surface area contributed by atoms with Crippen LogP contribution in [0.5, 0.6) is 0 Å². The van der Waals surface area contributed by atoms with E-state index in [0.29, 0.717) is 4.90 Å². The highest BCUT2D eigenvalue weighted by Gasteiger charge is 2.04. The maximum Gasteiger partial charge on any atom is 0.186 e. The Balaban J connectivity index is 2.78. The van der Waals surface area contributed by atoms with Gasteiger partial charge in [0.2, 0.25) is 0 Å². The lowest BCUT2D eigenvalue weighted by Gasteiger charge is -2.02. The number of hydrogen-bond donors (Lipinski definition) is 1. The molecule has 0 saturated heterocycles. The summed E-state index contributed by atoms with van der Waals surface area (Å²) in [7, 11) is 0. The van der Waals surface area contributed by atoms with Crippen molar-refractivity contribution in [3.05, 3.63) is 40.9 Å². The highest BCUT2D eigenvalue weighted by Crippen LogP contribution is 2.26.